The van der Waals surface area contributed by atoms with Gasteiger partial charge in [-0.1, -0.05) is 0 Å². The number of nitrogens with zero attached hydrogens (tertiary/aromatic N) is 2. The summed E-state index contributed by atoms with van der Waals surface area (Å²) in [7, 11) is 0. The Morgan fingerprint density at radius 2 is 2.00 bits per heavy atom. The van der Waals surface area contributed by atoms with Crippen molar-refractivity contribution < 1.29 is 14.3 Å². The first-order chi connectivity index (χ1) is 11.2. The quantitative estimate of drug-likeness (QED) is 0.630. The van der Waals surface area contributed by atoms with E-state index in [0.717, 1.165) is 5.56 Å². The van der Waals surface area contributed by atoms with Crippen molar-refractivity contribution in [3.8, 4) is 11.5 Å². The Labute approximate surface area is 135 Å². The van der Waals surface area contributed by atoms with E-state index in [1.54, 1.807) is 24.5 Å². The maximum Gasteiger partial charge on any atom is 0.272 e. The molecule has 1 amide bonds. The Hall–Kier alpha value is -2.89. The first-order valence-electron chi connectivity index (χ1n) is 7.37. The molecule has 0 bridgehead atoms. The number of pyridine rings is 1. The third-order valence-corrected chi connectivity index (χ3v) is 2.87. The monoisotopic (exact) mass is 313 g/mol. The molecule has 0 unspecified atom stereocenters. The van der Waals surface area contributed by atoms with E-state index in [1.165, 1.54) is 6.20 Å². The molecule has 6 nitrogen and oxygen atoms in total. The number of aromatic nitrogens is 1. The molecule has 0 aliphatic heterocycles. The summed E-state index contributed by atoms with van der Waals surface area (Å²) in [6.07, 6.45) is 4.64. The van der Waals surface area contributed by atoms with E-state index in [1.807, 2.05) is 32.0 Å². The van der Waals surface area contributed by atoms with Crippen LogP contribution in [0.3, 0.4) is 0 Å². The summed E-state index contributed by atoms with van der Waals surface area (Å²) in [5.41, 5.74) is 3.70. The van der Waals surface area contributed by atoms with Gasteiger partial charge in [0.05, 0.1) is 25.0 Å². The van der Waals surface area contributed by atoms with Crippen molar-refractivity contribution in [1.29, 1.82) is 0 Å². The van der Waals surface area contributed by atoms with Crippen molar-refractivity contribution in [2.75, 3.05) is 13.2 Å². The molecule has 1 N–H and O–H groups in total. The summed E-state index contributed by atoms with van der Waals surface area (Å²) in [6, 6.07) is 8.83. The van der Waals surface area contributed by atoms with E-state index in [2.05, 4.69) is 15.5 Å². The second kappa shape index (κ2) is 8.53. The average Bonchev–Trinajstić information content (AvgIpc) is 2.58. The number of nitrogens with one attached hydrogen (secondary N) is 1. The predicted octanol–water partition coefficient (Wildman–Crippen LogP) is 2.64. The zero-order valence-electron chi connectivity index (χ0n) is 13.2. The summed E-state index contributed by atoms with van der Waals surface area (Å²) in [4.78, 5) is 15.7. The van der Waals surface area contributed by atoms with Crippen molar-refractivity contribution in [3.63, 3.8) is 0 Å². The SMILES string of the molecule is CCOc1ccc(/C=N/NC(=O)c2cccnc2)cc1OCC. The highest BCUT2D eigenvalue weighted by Gasteiger charge is 2.06. The maximum atomic E-state index is 11.8. The molecule has 23 heavy (non-hydrogen) atoms. The van der Waals surface area contributed by atoms with Gasteiger partial charge in [-0.2, -0.15) is 5.10 Å². The Morgan fingerprint density at radius 3 is 2.70 bits per heavy atom. The minimum absolute atomic E-state index is 0.315. The normalized spacial score (nSPS) is 10.5. The molecular formula is C17H19N3O3. The molecule has 0 fully saturated rings. The topological polar surface area (TPSA) is 72.8 Å². The maximum absolute atomic E-state index is 11.8. The molecule has 2 rings (SSSR count). The highest BCUT2D eigenvalue weighted by atomic mass is 16.5. The van der Waals surface area contributed by atoms with E-state index < -0.39 is 0 Å². The Bertz CT molecular complexity index is 672. The molecule has 0 radical (unpaired) electrons. The number of carbonyl (C=O) groups excluding carboxylic acids is 1. The van der Waals surface area contributed by atoms with Crippen LogP contribution in [-0.2, 0) is 0 Å². The summed E-state index contributed by atoms with van der Waals surface area (Å²) >= 11 is 0. The Balaban J connectivity index is 2.04. The smallest absolute Gasteiger partial charge is 0.272 e. The standard InChI is InChI=1S/C17H19N3O3/c1-3-22-15-8-7-13(10-16(15)23-4-2)11-19-20-17(21)14-6-5-9-18-12-14/h5-12H,3-4H2,1-2H3,(H,20,21)/b19-11+. The highest BCUT2D eigenvalue weighted by Crippen LogP contribution is 2.27. The van der Waals surface area contributed by atoms with E-state index in [4.69, 9.17) is 9.47 Å². The number of ether oxygens (including phenoxy) is 2. The molecule has 0 atom stereocenters. The van der Waals surface area contributed by atoms with Crippen LogP contribution >= 0.6 is 0 Å². The number of benzene rings is 1. The minimum Gasteiger partial charge on any atom is -0.490 e. The van der Waals surface area contributed by atoms with Crippen molar-refractivity contribution in [2.45, 2.75) is 13.8 Å². The van der Waals surface area contributed by atoms with Crippen molar-refractivity contribution in [2.24, 2.45) is 5.10 Å². The average molecular weight is 313 g/mol. The third-order valence-electron chi connectivity index (χ3n) is 2.87. The molecule has 0 saturated carbocycles. The second-order valence-electron chi connectivity index (χ2n) is 4.51. The molecule has 0 aliphatic rings. The van der Waals surface area contributed by atoms with Gasteiger partial charge in [0.25, 0.3) is 5.91 Å². The van der Waals surface area contributed by atoms with E-state index in [-0.39, 0.29) is 5.91 Å². The number of rotatable bonds is 7. The van der Waals surface area contributed by atoms with Crippen LogP contribution < -0.4 is 14.9 Å². The summed E-state index contributed by atoms with van der Waals surface area (Å²) in [5.74, 6) is 1.02. The molecule has 1 aromatic carbocycles. The minimum atomic E-state index is -0.315. The first-order valence-corrected chi connectivity index (χ1v) is 7.37. The van der Waals surface area contributed by atoms with Crippen molar-refractivity contribution >= 4 is 12.1 Å². The molecule has 0 aliphatic carbocycles. The Kier molecular flexibility index (Phi) is 6.11. The largest absolute Gasteiger partial charge is 0.490 e. The van der Waals surface area contributed by atoms with Gasteiger partial charge in [0, 0.05) is 12.4 Å². The highest BCUT2D eigenvalue weighted by molar-refractivity contribution is 5.94. The zero-order valence-corrected chi connectivity index (χ0v) is 13.2. The van der Waals surface area contributed by atoms with Gasteiger partial charge < -0.3 is 9.47 Å². The van der Waals surface area contributed by atoms with Gasteiger partial charge >= 0.3 is 0 Å². The van der Waals surface area contributed by atoms with Crippen LogP contribution in [0.25, 0.3) is 0 Å². The van der Waals surface area contributed by atoms with Gasteiger partial charge in [0.15, 0.2) is 11.5 Å². The fourth-order valence-corrected chi connectivity index (χ4v) is 1.88. The van der Waals surface area contributed by atoms with Gasteiger partial charge in [0.1, 0.15) is 0 Å². The molecular weight excluding hydrogens is 294 g/mol. The van der Waals surface area contributed by atoms with Gasteiger partial charge in [0.2, 0.25) is 0 Å². The number of carbonyl (C=O) groups is 1. The lowest BCUT2D eigenvalue weighted by Crippen LogP contribution is -2.17. The van der Waals surface area contributed by atoms with Gasteiger partial charge in [-0.25, -0.2) is 5.43 Å². The molecule has 6 heteroatoms. The van der Waals surface area contributed by atoms with Gasteiger partial charge in [-0.3, -0.25) is 9.78 Å². The van der Waals surface area contributed by atoms with E-state index >= 15 is 0 Å². The lowest BCUT2D eigenvalue weighted by molar-refractivity contribution is 0.0955. The number of hydrazone groups is 1. The van der Waals surface area contributed by atoms with Crippen molar-refractivity contribution in [1.82, 2.24) is 10.4 Å². The van der Waals surface area contributed by atoms with Gasteiger partial charge in [-0.15, -0.1) is 0 Å². The summed E-state index contributed by atoms with van der Waals surface area (Å²) in [6.45, 7) is 4.93. The lowest BCUT2D eigenvalue weighted by Gasteiger charge is -2.11. The molecule has 120 valence electrons. The third kappa shape index (κ3) is 4.81. The Morgan fingerprint density at radius 1 is 1.22 bits per heavy atom. The van der Waals surface area contributed by atoms with Crippen LogP contribution in [0.1, 0.15) is 29.8 Å². The summed E-state index contributed by atoms with van der Waals surface area (Å²) in [5, 5.41) is 3.95. The van der Waals surface area contributed by atoms with Crippen LogP contribution in [0.15, 0.2) is 47.8 Å². The zero-order chi connectivity index (χ0) is 16.5. The number of amides is 1. The fraction of sp³-hybridized carbons (Fsp3) is 0.235. The van der Waals surface area contributed by atoms with Gasteiger partial charge in [-0.05, 0) is 49.7 Å². The second-order valence-corrected chi connectivity index (χ2v) is 4.51. The molecule has 0 saturated heterocycles. The molecule has 1 heterocycles. The van der Waals surface area contributed by atoms with Crippen LogP contribution in [0.2, 0.25) is 0 Å². The van der Waals surface area contributed by atoms with Crippen LogP contribution in [0, 0.1) is 0 Å². The molecule has 2 aromatic rings. The first kappa shape index (κ1) is 16.5. The summed E-state index contributed by atoms with van der Waals surface area (Å²) < 4.78 is 11.0. The fourth-order valence-electron chi connectivity index (χ4n) is 1.88. The lowest BCUT2D eigenvalue weighted by atomic mass is 10.2. The van der Waals surface area contributed by atoms with Crippen LogP contribution in [0.5, 0.6) is 11.5 Å². The van der Waals surface area contributed by atoms with Crippen LogP contribution in [0.4, 0.5) is 0 Å². The number of hydrogen-bond donors (Lipinski definition) is 1. The van der Waals surface area contributed by atoms with Crippen LogP contribution in [-0.4, -0.2) is 30.3 Å². The van der Waals surface area contributed by atoms with E-state index in [9.17, 15) is 4.79 Å². The predicted molar refractivity (Wildman–Crippen MR) is 88.1 cm³/mol. The molecule has 0 spiro atoms. The number of hydrogen-bond acceptors (Lipinski definition) is 5. The molecule has 1 aromatic heterocycles. The van der Waals surface area contributed by atoms with E-state index in [0.29, 0.717) is 30.3 Å². The van der Waals surface area contributed by atoms with Crippen molar-refractivity contribution in [3.05, 3.63) is 53.9 Å².